The van der Waals surface area contributed by atoms with E-state index in [1.54, 1.807) is 0 Å². The monoisotopic (exact) mass is 331 g/mol. The number of hydrogen-bond donors (Lipinski definition) is 1. The van der Waals surface area contributed by atoms with Crippen molar-refractivity contribution in [3.8, 4) is 0 Å². The molecule has 0 spiro atoms. The third-order valence-corrected chi connectivity index (χ3v) is 4.15. The van der Waals surface area contributed by atoms with Gasteiger partial charge in [-0.15, -0.1) is 0 Å². The van der Waals surface area contributed by atoms with E-state index in [2.05, 4.69) is 35.1 Å². The molecule has 0 bridgehead atoms. The summed E-state index contributed by atoms with van der Waals surface area (Å²) in [6.45, 7) is 6.27. The molecule has 0 atom stereocenters. The number of anilines is 1. The summed E-state index contributed by atoms with van der Waals surface area (Å²) in [4.78, 5) is 12.2. The van der Waals surface area contributed by atoms with Gasteiger partial charge < -0.3 is 5.32 Å². The molecule has 20 heavy (non-hydrogen) atoms. The lowest BCUT2D eigenvalue weighted by molar-refractivity contribution is 0.102. The van der Waals surface area contributed by atoms with Gasteiger partial charge in [0.25, 0.3) is 5.91 Å². The number of aryl methyl sites for hydroxylation is 1. The zero-order valence-corrected chi connectivity index (χ0v) is 13.5. The quantitative estimate of drug-likeness (QED) is 0.829. The Balaban J connectivity index is 2.12. The molecule has 0 saturated heterocycles. The van der Waals surface area contributed by atoms with Gasteiger partial charge in [0.1, 0.15) is 0 Å². The highest BCUT2D eigenvalue weighted by molar-refractivity contribution is 9.10. The van der Waals surface area contributed by atoms with E-state index in [1.807, 2.05) is 49.4 Å². The number of nitrogens with one attached hydrogen (secondary N) is 1. The summed E-state index contributed by atoms with van der Waals surface area (Å²) in [5, 5.41) is 2.92. The third kappa shape index (κ3) is 3.48. The molecule has 0 unspecified atom stereocenters. The van der Waals surface area contributed by atoms with Crippen molar-refractivity contribution in [3.05, 3.63) is 63.6 Å². The Morgan fingerprint density at radius 1 is 1.10 bits per heavy atom. The van der Waals surface area contributed by atoms with E-state index in [0.717, 1.165) is 15.7 Å². The first-order chi connectivity index (χ1) is 9.47. The maximum atomic E-state index is 12.2. The van der Waals surface area contributed by atoms with Crippen molar-refractivity contribution in [3.63, 3.8) is 0 Å². The lowest BCUT2D eigenvalue weighted by Gasteiger charge is -2.09. The van der Waals surface area contributed by atoms with Gasteiger partial charge in [-0.3, -0.25) is 4.79 Å². The number of carbonyl (C=O) groups excluding carboxylic acids is 1. The first-order valence-electron chi connectivity index (χ1n) is 6.65. The Labute approximate surface area is 128 Å². The van der Waals surface area contributed by atoms with Crippen LogP contribution >= 0.6 is 15.9 Å². The molecule has 0 aliphatic heterocycles. The van der Waals surface area contributed by atoms with Crippen LogP contribution in [-0.4, -0.2) is 5.91 Å². The standard InChI is InChI=1S/C17H18BrNO/c1-11(2)13-4-7-15(8-5-13)19-17(20)14-6-9-16(18)12(3)10-14/h4-11H,1-3H3,(H,19,20). The molecule has 0 aliphatic rings. The first kappa shape index (κ1) is 14.8. The molecule has 0 aromatic heterocycles. The number of halogens is 1. The molecule has 1 N–H and O–H groups in total. The van der Waals surface area contributed by atoms with Crippen molar-refractivity contribution in [2.24, 2.45) is 0 Å². The van der Waals surface area contributed by atoms with Gasteiger partial charge in [0.15, 0.2) is 0 Å². The van der Waals surface area contributed by atoms with Crippen LogP contribution in [0, 0.1) is 6.92 Å². The summed E-state index contributed by atoms with van der Waals surface area (Å²) in [7, 11) is 0. The van der Waals surface area contributed by atoms with E-state index < -0.39 is 0 Å². The van der Waals surface area contributed by atoms with Crippen LogP contribution in [0.1, 0.15) is 41.3 Å². The van der Waals surface area contributed by atoms with Gasteiger partial charge >= 0.3 is 0 Å². The van der Waals surface area contributed by atoms with Crippen molar-refractivity contribution >= 4 is 27.5 Å². The normalized spacial score (nSPS) is 10.7. The third-order valence-electron chi connectivity index (χ3n) is 3.26. The summed E-state index contributed by atoms with van der Waals surface area (Å²) in [6.07, 6.45) is 0. The molecular formula is C17H18BrNO. The Morgan fingerprint density at radius 2 is 1.75 bits per heavy atom. The van der Waals surface area contributed by atoms with Crippen molar-refractivity contribution in [2.75, 3.05) is 5.32 Å². The fourth-order valence-corrected chi connectivity index (χ4v) is 2.19. The van der Waals surface area contributed by atoms with Gasteiger partial charge in [-0.2, -0.15) is 0 Å². The Kier molecular flexibility index (Phi) is 4.61. The lowest BCUT2D eigenvalue weighted by Crippen LogP contribution is -2.12. The summed E-state index contributed by atoms with van der Waals surface area (Å²) in [5.41, 5.74) is 3.80. The van der Waals surface area contributed by atoms with Gasteiger partial charge in [-0.05, 0) is 54.3 Å². The van der Waals surface area contributed by atoms with Crippen LogP contribution in [0.2, 0.25) is 0 Å². The highest BCUT2D eigenvalue weighted by atomic mass is 79.9. The molecule has 1 amide bonds. The number of amides is 1. The average molecular weight is 332 g/mol. The van der Waals surface area contributed by atoms with Crippen LogP contribution in [0.4, 0.5) is 5.69 Å². The van der Waals surface area contributed by atoms with Crippen LogP contribution < -0.4 is 5.32 Å². The van der Waals surface area contributed by atoms with Gasteiger partial charge in [0, 0.05) is 15.7 Å². The second-order valence-corrected chi connectivity index (χ2v) is 6.05. The zero-order chi connectivity index (χ0) is 14.7. The van der Waals surface area contributed by atoms with Gasteiger partial charge in [0.2, 0.25) is 0 Å². The number of rotatable bonds is 3. The molecule has 0 aliphatic carbocycles. The second-order valence-electron chi connectivity index (χ2n) is 5.19. The van der Waals surface area contributed by atoms with Gasteiger partial charge in [0.05, 0.1) is 0 Å². The summed E-state index contributed by atoms with van der Waals surface area (Å²) >= 11 is 3.44. The van der Waals surface area contributed by atoms with Crippen molar-refractivity contribution < 1.29 is 4.79 Å². The van der Waals surface area contributed by atoms with E-state index in [1.165, 1.54) is 5.56 Å². The highest BCUT2D eigenvalue weighted by Gasteiger charge is 2.08. The predicted molar refractivity (Wildman–Crippen MR) is 87.4 cm³/mol. The van der Waals surface area contributed by atoms with E-state index in [4.69, 9.17) is 0 Å². The molecule has 3 heteroatoms. The summed E-state index contributed by atoms with van der Waals surface area (Å²) in [6, 6.07) is 13.6. The van der Waals surface area contributed by atoms with Crippen molar-refractivity contribution in [1.29, 1.82) is 0 Å². The molecule has 2 aromatic rings. The van der Waals surface area contributed by atoms with Crippen LogP contribution in [-0.2, 0) is 0 Å². The van der Waals surface area contributed by atoms with Crippen LogP contribution in [0.25, 0.3) is 0 Å². The molecule has 2 aromatic carbocycles. The average Bonchev–Trinajstić information content (AvgIpc) is 2.42. The molecule has 0 radical (unpaired) electrons. The Morgan fingerprint density at radius 3 is 2.30 bits per heavy atom. The van der Waals surface area contributed by atoms with Gasteiger partial charge in [-0.1, -0.05) is 41.9 Å². The molecule has 104 valence electrons. The van der Waals surface area contributed by atoms with Crippen molar-refractivity contribution in [2.45, 2.75) is 26.7 Å². The Hall–Kier alpha value is -1.61. The van der Waals surface area contributed by atoms with E-state index in [9.17, 15) is 4.79 Å². The maximum absolute atomic E-state index is 12.2. The minimum atomic E-state index is -0.0853. The minimum Gasteiger partial charge on any atom is -0.322 e. The van der Waals surface area contributed by atoms with Crippen LogP contribution in [0.5, 0.6) is 0 Å². The fraction of sp³-hybridized carbons (Fsp3) is 0.235. The molecule has 0 fully saturated rings. The molecule has 0 saturated carbocycles. The van der Waals surface area contributed by atoms with Gasteiger partial charge in [-0.25, -0.2) is 0 Å². The van der Waals surface area contributed by atoms with E-state index in [-0.39, 0.29) is 5.91 Å². The molecule has 2 rings (SSSR count). The molecule has 2 nitrogen and oxygen atoms in total. The smallest absolute Gasteiger partial charge is 0.255 e. The predicted octanol–water partition coefficient (Wildman–Crippen LogP) is 5.13. The lowest BCUT2D eigenvalue weighted by atomic mass is 10.0. The molecule has 0 heterocycles. The highest BCUT2D eigenvalue weighted by Crippen LogP contribution is 2.20. The number of carbonyl (C=O) groups is 1. The maximum Gasteiger partial charge on any atom is 0.255 e. The van der Waals surface area contributed by atoms with Crippen LogP contribution in [0.3, 0.4) is 0 Å². The van der Waals surface area contributed by atoms with Crippen molar-refractivity contribution in [1.82, 2.24) is 0 Å². The fourth-order valence-electron chi connectivity index (χ4n) is 1.94. The first-order valence-corrected chi connectivity index (χ1v) is 7.44. The zero-order valence-electron chi connectivity index (χ0n) is 11.9. The van der Waals surface area contributed by atoms with E-state index >= 15 is 0 Å². The second kappa shape index (κ2) is 6.23. The summed E-state index contributed by atoms with van der Waals surface area (Å²) < 4.78 is 1.01. The van der Waals surface area contributed by atoms with Crippen LogP contribution in [0.15, 0.2) is 46.9 Å². The van der Waals surface area contributed by atoms with E-state index in [0.29, 0.717) is 11.5 Å². The largest absolute Gasteiger partial charge is 0.322 e. The molecular weight excluding hydrogens is 314 g/mol. The topological polar surface area (TPSA) is 29.1 Å². The minimum absolute atomic E-state index is 0.0853. The number of hydrogen-bond acceptors (Lipinski definition) is 1. The number of benzene rings is 2. The summed E-state index contributed by atoms with van der Waals surface area (Å²) in [5.74, 6) is 0.409. The SMILES string of the molecule is Cc1cc(C(=O)Nc2ccc(C(C)C)cc2)ccc1Br. The Bertz CT molecular complexity index is 617.